The fourth-order valence-electron chi connectivity index (χ4n) is 3.93. The summed E-state index contributed by atoms with van der Waals surface area (Å²) in [6.45, 7) is 2.27. The molecule has 0 aliphatic carbocycles. The van der Waals surface area contributed by atoms with Crippen molar-refractivity contribution in [3.8, 4) is 0 Å². The monoisotopic (exact) mass is 421 g/mol. The predicted molar refractivity (Wildman–Crippen MR) is 103 cm³/mol. The number of nitrogens with one attached hydrogen (secondary N) is 1. The molecule has 0 fully saturated rings. The molecule has 2 aromatic rings. The Morgan fingerprint density at radius 2 is 2.07 bits per heavy atom. The summed E-state index contributed by atoms with van der Waals surface area (Å²) in [6, 6.07) is 3.93. The van der Waals surface area contributed by atoms with Crippen LogP contribution in [0, 0.1) is 12.7 Å². The Kier molecular flexibility index (Phi) is 5.40. The molecular weight excluding hydrogens is 399 g/mol. The zero-order chi connectivity index (χ0) is 21.4. The van der Waals surface area contributed by atoms with E-state index in [-0.39, 0.29) is 24.9 Å². The van der Waals surface area contributed by atoms with Gasteiger partial charge in [0.15, 0.2) is 0 Å². The Morgan fingerprint density at radius 1 is 1.27 bits per heavy atom. The van der Waals surface area contributed by atoms with Crippen molar-refractivity contribution in [2.75, 3.05) is 25.0 Å². The molecule has 0 spiro atoms. The maximum atomic E-state index is 13.4. The second kappa shape index (κ2) is 8.00. The van der Waals surface area contributed by atoms with Gasteiger partial charge in [0.05, 0.1) is 18.8 Å². The molecule has 3 amide bonds. The van der Waals surface area contributed by atoms with Gasteiger partial charge in [-0.1, -0.05) is 0 Å². The van der Waals surface area contributed by atoms with E-state index in [1.165, 1.54) is 12.1 Å². The number of amides is 3. The summed E-state index contributed by atoms with van der Waals surface area (Å²) in [5.41, 5.74) is 2.51. The van der Waals surface area contributed by atoms with E-state index in [2.05, 4.69) is 10.4 Å². The predicted octanol–water partition coefficient (Wildman–Crippen LogP) is 3.03. The van der Waals surface area contributed by atoms with Crippen LogP contribution >= 0.6 is 0 Å². The van der Waals surface area contributed by atoms with E-state index in [1.807, 2.05) is 0 Å². The average molecular weight is 421 g/mol. The fourth-order valence-corrected chi connectivity index (χ4v) is 3.93. The van der Waals surface area contributed by atoms with E-state index in [4.69, 9.17) is 0 Å². The number of aromatic nitrogens is 2. The van der Waals surface area contributed by atoms with Gasteiger partial charge in [0.25, 0.3) is 12.3 Å². The summed E-state index contributed by atoms with van der Waals surface area (Å²) >= 11 is 0. The molecule has 0 saturated carbocycles. The highest BCUT2D eigenvalue weighted by molar-refractivity contribution is 5.95. The number of alkyl halides is 2. The molecule has 1 N–H and O–H groups in total. The zero-order valence-corrected chi connectivity index (χ0v) is 16.5. The molecule has 1 aromatic heterocycles. The maximum absolute atomic E-state index is 13.4. The average Bonchev–Trinajstić information content (AvgIpc) is 2.99. The number of rotatable bonds is 3. The summed E-state index contributed by atoms with van der Waals surface area (Å²) in [5.74, 6) is -0.831. The van der Waals surface area contributed by atoms with E-state index >= 15 is 0 Å². The summed E-state index contributed by atoms with van der Waals surface area (Å²) in [6.07, 6.45) is -1.60. The molecule has 30 heavy (non-hydrogen) atoms. The smallest absolute Gasteiger partial charge is 0.322 e. The summed E-state index contributed by atoms with van der Waals surface area (Å²) in [5, 5.41) is 7.24. The molecule has 0 atom stereocenters. The van der Waals surface area contributed by atoms with E-state index in [0.717, 1.165) is 10.6 Å². The lowest BCUT2D eigenvalue weighted by Gasteiger charge is -2.28. The standard InChI is InChI=1S/C20H22F3N5O2/c1-12-9-13(3-4-15(12)21)24-20(30)27-8-5-16-14(10-27)18-19(29)26(11-17(22)23)6-2-7-28(18)25-16/h3-4,9,17H,2,5-8,10-11H2,1H3,(H,24,30). The number of benzene rings is 1. The number of anilines is 1. The molecule has 0 saturated heterocycles. The van der Waals surface area contributed by atoms with Crippen molar-refractivity contribution in [1.29, 1.82) is 0 Å². The van der Waals surface area contributed by atoms with Gasteiger partial charge in [0.1, 0.15) is 11.5 Å². The number of nitrogens with zero attached hydrogens (tertiary/aromatic N) is 4. The number of fused-ring (bicyclic) bond motifs is 3. The Hall–Kier alpha value is -3.04. The Labute approximate surface area is 171 Å². The molecule has 0 radical (unpaired) electrons. The van der Waals surface area contributed by atoms with Crippen LogP contribution in [0.3, 0.4) is 0 Å². The number of carbonyl (C=O) groups is 2. The second-order valence-corrected chi connectivity index (χ2v) is 7.56. The van der Waals surface area contributed by atoms with E-state index in [9.17, 15) is 22.8 Å². The van der Waals surface area contributed by atoms with Crippen LogP contribution in [0.25, 0.3) is 0 Å². The first kappa shape index (κ1) is 20.2. The van der Waals surface area contributed by atoms with Crippen molar-refractivity contribution in [2.24, 2.45) is 0 Å². The van der Waals surface area contributed by atoms with Gasteiger partial charge in [-0.2, -0.15) is 5.10 Å². The van der Waals surface area contributed by atoms with Gasteiger partial charge in [-0.3, -0.25) is 9.48 Å². The highest BCUT2D eigenvalue weighted by atomic mass is 19.3. The number of hydrogen-bond acceptors (Lipinski definition) is 3. The molecule has 2 aliphatic heterocycles. The maximum Gasteiger partial charge on any atom is 0.322 e. The fraction of sp³-hybridized carbons (Fsp3) is 0.450. The van der Waals surface area contributed by atoms with Gasteiger partial charge in [-0.25, -0.2) is 18.0 Å². The lowest BCUT2D eigenvalue weighted by molar-refractivity contribution is 0.0558. The van der Waals surface area contributed by atoms with Crippen LogP contribution in [-0.4, -0.2) is 57.6 Å². The van der Waals surface area contributed by atoms with Gasteiger partial charge in [-0.05, 0) is 37.1 Å². The van der Waals surface area contributed by atoms with E-state index < -0.39 is 18.9 Å². The molecular formula is C20H22F3N5O2. The van der Waals surface area contributed by atoms with Crippen LogP contribution in [-0.2, 0) is 19.5 Å². The van der Waals surface area contributed by atoms with Crippen molar-refractivity contribution in [2.45, 2.75) is 39.3 Å². The van der Waals surface area contributed by atoms with Gasteiger partial charge in [-0.15, -0.1) is 0 Å². The highest BCUT2D eigenvalue weighted by Gasteiger charge is 2.34. The second-order valence-electron chi connectivity index (χ2n) is 7.56. The normalized spacial score (nSPS) is 16.4. The molecule has 2 aliphatic rings. The molecule has 160 valence electrons. The largest absolute Gasteiger partial charge is 0.332 e. The van der Waals surface area contributed by atoms with Crippen molar-refractivity contribution in [3.63, 3.8) is 0 Å². The molecule has 1 aromatic carbocycles. The van der Waals surface area contributed by atoms with Gasteiger partial charge >= 0.3 is 6.03 Å². The highest BCUT2D eigenvalue weighted by Crippen LogP contribution is 2.26. The third-order valence-corrected chi connectivity index (χ3v) is 5.44. The molecule has 10 heteroatoms. The SMILES string of the molecule is Cc1cc(NC(=O)N2CCc3nn4c(c3C2)C(=O)N(CC(F)F)CCC4)ccc1F. The first-order valence-corrected chi connectivity index (χ1v) is 9.81. The van der Waals surface area contributed by atoms with Crippen LogP contribution < -0.4 is 5.32 Å². The minimum absolute atomic E-state index is 0.158. The van der Waals surface area contributed by atoms with Crippen molar-refractivity contribution in [1.82, 2.24) is 19.6 Å². The number of urea groups is 1. The van der Waals surface area contributed by atoms with Crippen LogP contribution in [0.2, 0.25) is 0 Å². The Bertz CT molecular complexity index is 991. The zero-order valence-electron chi connectivity index (χ0n) is 16.5. The molecule has 4 rings (SSSR count). The molecule has 7 nitrogen and oxygen atoms in total. The number of carbonyl (C=O) groups excluding carboxylic acids is 2. The molecule has 0 bridgehead atoms. The third-order valence-electron chi connectivity index (χ3n) is 5.44. The number of halogens is 3. The summed E-state index contributed by atoms with van der Waals surface area (Å²) in [4.78, 5) is 28.3. The van der Waals surface area contributed by atoms with Crippen molar-refractivity contribution >= 4 is 17.6 Å². The lowest BCUT2D eigenvalue weighted by Crippen LogP contribution is -2.40. The quantitative estimate of drug-likeness (QED) is 0.828. The minimum Gasteiger partial charge on any atom is -0.332 e. The summed E-state index contributed by atoms with van der Waals surface area (Å²) in [7, 11) is 0. The lowest BCUT2D eigenvalue weighted by atomic mass is 10.0. The minimum atomic E-state index is -2.61. The van der Waals surface area contributed by atoms with Crippen molar-refractivity contribution in [3.05, 3.63) is 46.5 Å². The van der Waals surface area contributed by atoms with E-state index in [0.29, 0.717) is 48.4 Å². The van der Waals surface area contributed by atoms with Crippen LogP contribution in [0.1, 0.15) is 33.7 Å². The third kappa shape index (κ3) is 3.86. The number of hydrogen-bond donors (Lipinski definition) is 1. The first-order chi connectivity index (χ1) is 14.3. The number of aryl methyl sites for hydroxylation is 2. The first-order valence-electron chi connectivity index (χ1n) is 9.81. The van der Waals surface area contributed by atoms with Crippen LogP contribution in [0.4, 0.5) is 23.7 Å². The van der Waals surface area contributed by atoms with Gasteiger partial charge in [0.2, 0.25) is 0 Å². The van der Waals surface area contributed by atoms with Gasteiger partial charge in [0, 0.05) is 37.3 Å². The molecule has 0 unspecified atom stereocenters. The van der Waals surface area contributed by atoms with Crippen molar-refractivity contribution < 1.29 is 22.8 Å². The topological polar surface area (TPSA) is 70.5 Å². The van der Waals surface area contributed by atoms with Gasteiger partial charge < -0.3 is 15.1 Å². The Balaban J connectivity index is 1.55. The Morgan fingerprint density at radius 3 is 2.80 bits per heavy atom. The van der Waals surface area contributed by atoms with Crippen LogP contribution in [0.5, 0.6) is 0 Å². The summed E-state index contributed by atoms with van der Waals surface area (Å²) < 4.78 is 40.8. The molecule has 3 heterocycles. The van der Waals surface area contributed by atoms with Crippen LogP contribution in [0.15, 0.2) is 18.2 Å². The van der Waals surface area contributed by atoms with E-state index in [1.54, 1.807) is 22.6 Å².